The average molecular weight is 496 g/mol. The Bertz CT molecular complexity index is 1310. The van der Waals surface area contributed by atoms with Crippen LogP contribution in [-0.4, -0.2) is 40.8 Å². The number of sulfonamides is 1. The van der Waals surface area contributed by atoms with Gasteiger partial charge in [0, 0.05) is 5.56 Å². The number of hydrazone groups is 1. The molecule has 0 aliphatic rings. The minimum absolute atomic E-state index is 0.0948. The van der Waals surface area contributed by atoms with Gasteiger partial charge < -0.3 is 9.47 Å². The quantitative estimate of drug-likeness (QED) is 0.337. The summed E-state index contributed by atoms with van der Waals surface area (Å²) in [6.07, 6.45) is 0.527. The van der Waals surface area contributed by atoms with Crippen LogP contribution in [0.4, 0.5) is 5.69 Å². The lowest BCUT2D eigenvalue weighted by Gasteiger charge is -2.24. The second kappa shape index (κ2) is 11.5. The number of hydrogen-bond acceptors (Lipinski definition) is 6. The molecule has 0 atom stereocenters. The molecule has 3 aromatic rings. The first-order chi connectivity index (χ1) is 16.8. The summed E-state index contributed by atoms with van der Waals surface area (Å²) in [4.78, 5) is 13.0. The normalized spacial score (nSPS) is 11.6. The van der Waals surface area contributed by atoms with Gasteiger partial charge in [-0.3, -0.25) is 9.10 Å². The maximum absolute atomic E-state index is 13.4. The second-order valence-corrected chi connectivity index (χ2v) is 9.54. The Kier molecular flexibility index (Phi) is 8.48. The van der Waals surface area contributed by atoms with E-state index in [0.29, 0.717) is 29.3 Å². The number of rotatable bonds is 10. The van der Waals surface area contributed by atoms with Crippen LogP contribution in [0.1, 0.15) is 24.5 Å². The van der Waals surface area contributed by atoms with E-state index in [0.717, 1.165) is 15.4 Å². The average Bonchev–Trinajstić information content (AvgIpc) is 2.87. The highest BCUT2D eigenvalue weighted by Gasteiger charge is 2.27. The van der Waals surface area contributed by atoms with Gasteiger partial charge in [-0.15, -0.1) is 0 Å². The molecule has 0 heterocycles. The fourth-order valence-corrected chi connectivity index (χ4v) is 4.91. The number of ether oxygens (including phenoxy) is 2. The highest BCUT2D eigenvalue weighted by molar-refractivity contribution is 7.92. The number of nitrogens with zero attached hydrogens (tertiary/aromatic N) is 2. The minimum Gasteiger partial charge on any atom is -0.493 e. The van der Waals surface area contributed by atoms with E-state index < -0.39 is 22.5 Å². The number of hydrogen-bond donors (Lipinski definition) is 1. The van der Waals surface area contributed by atoms with Gasteiger partial charge in [0.05, 0.1) is 30.5 Å². The van der Waals surface area contributed by atoms with E-state index in [1.54, 1.807) is 62.8 Å². The first-order valence-electron chi connectivity index (χ1n) is 11.0. The van der Waals surface area contributed by atoms with Crippen molar-refractivity contribution in [3.63, 3.8) is 0 Å². The van der Waals surface area contributed by atoms with Crippen molar-refractivity contribution in [2.24, 2.45) is 5.10 Å². The number of carbonyl (C=O) groups excluding carboxylic acids is 1. The summed E-state index contributed by atoms with van der Waals surface area (Å²) < 4.78 is 38.5. The molecule has 0 radical (unpaired) electrons. The van der Waals surface area contributed by atoms with Crippen LogP contribution in [0.5, 0.6) is 11.5 Å². The predicted molar refractivity (Wildman–Crippen MR) is 137 cm³/mol. The lowest BCUT2D eigenvalue weighted by Crippen LogP contribution is -2.39. The van der Waals surface area contributed by atoms with Crippen molar-refractivity contribution in [3.05, 3.63) is 83.9 Å². The summed E-state index contributed by atoms with van der Waals surface area (Å²) in [5.41, 5.74) is 5.12. The molecule has 35 heavy (non-hydrogen) atoms. The highest BCUT2D eigenvalue weighted by Crippen LogP contribution is 2.28. The van der Waals surface area contributed by atoms with E-state index in [-0.39, 0.29) is 4.90 Å². The summed E-state index contributed by atoms with van der Waals surface area (Å²) >= 11 is 0. The molecule has 0 aliphatic carbocycles. The van der Waals surface area contributed by atoms with E-state index in [9.17, 15) is 13.2 Å². The third kappa shape index (κ3) is 6.19. The van der Waals surface area contributed by atoms with Gasteiger partial charge in [0.15, 0.2) is 11.5 Å². The molecule has 0 bridgehead atoms. The SMILES string of the molecule is CC/C(=N/NC(=O)CN(c1cccc(C)c1)S(=O)(=O)c1ccccc1)c1ccc(OC)c(OC)c1. The van der Waals surface area contributed by atoms with Crippen molar-refractivity contribution in [1.29, 1.82) is 0 Å². The Morgan fingerprint density at radius 1 is 0.943 bits per heavy atom. The van der Waals surface area contributed by atoms with Crippen molar-refractivity contribution in [2.45, 2.75) is 25.2 Å². The number of carbonyl (C=O) groups is 1. The van der Waals surface area contributed by atoms with Gasteiger partial charge in [0.25, 0.3) is 15.9 Å². The van der Waals surface area contributed by atoms with Gasteiger partial charge in [0.1, 0.15) is 6.54 Å². The van der Waals surface area contributed by atoms with Crippen LogP contribution in [0.25, 0.3) is 0 Å². The molecule has 3 aromatic carbocycles. The molecule has 9 heteroatoms. The Hall–Kier alpha value is -3.85. The number of anilines is 1. The summed E-state index contributed by atoms with van der Waals surface area (Å²) in [6, 6.07) is 20.3. The van der Waals surface area contributed by atoms with Gasteiger partial charge in [0.2, 0.25) is 0 Å². The van der Waals surface area contributed by atoms with Crippen molar-refractivity contribution in [2.75, 3.05) is 25.1 Å². The zero-order valence-corrected chi connectivity index (χ0v) is 21.0. The Labute approximate surface area is 206 Å². The van der Waals surface area contributed by atoms with Crippen LogP contribution in [-0.2, 0) is 14.8 Å². The molecule has 0 saturated heterocycles. The lowest BCUT2D eigenvalue weighted by molar-refractivity contribution is -0.119. The predicted octanol–water partition coefficient (Wildman–Crippen LogP) is 4.14. The summed E-state index contributed by atoms with van der Waals surface area (Å²) in [5.74, 6) is 0.546. The first kappa shape index (κ1) is 25.8. The number of aryl methyl sites for hydroxylation is 1. The van der Waals surface area contributed by atoms with Gasteiger partial charge in [-0.05, 0) is 61.4 Å². The Morgan fingerprint density at radius 3 is 2.29 bits per heavy atom. The molecular formula is C26H29N3O5S. The fourth-order valence-electron chi connectivity index (χ4n) is 3.48. The molecule has 8 nitrogen and oxygen atoms in total. The summed E-state index contributed by atoms with van der Waals surface area (Å²) in [7, 11) is -0.893. The maximum Gasteiger partial charge on any atom is 0.264 e. The van der Waals surface area contributed by atoms with E-state index in [2.05, 4.69) is 10.5 Å². The topological polar surface area (TPSA) is 97.3 Å². The zero-order chi connectivity index (χ0) is 25.4. The van der Waals surface area contributed by atoms with E-state index in [4.69, 9.17) is 9.47 Å². The molecule has 0 spiro atoms. The number of nitrogens with one attached hydrogen (secondary N) is 1. The monoisotopic (exact) mass is 495 g/mol. The third-order valence-electron chi connectivity index (χ3n) is 5.28. The van der Waals surface area contributed by atoms with Crippen molar-refractivity contribution in [3.8, 4) is 11.5 Å². The molecule has 0 saturated carbocycles. The van der Waals surface area contributed by atoms with Crippen LogP contribution in [0.3, 0.4) is 0 Å². The molecule has 1 N–H and O–H groups in total. The minimum atomic E-state index is -3.99. The van der Waals surface area contributed by atoms with Crippen LogP contribution < -0.4 is 19.2 Å². The molecular weight excluding hydrogens is 466 g/mol. The lowest BCUT2D eigenvalue weighted by atomic mass is 10.1. The molecule has 184 valence electrons. The van der Waals surface area contributed by atoms with Crippen LogP contribution >= 0.6 is 0 Å². The maximum atomic E-state index is 13.4. The van der Waals surface area contributed by atoms with Gasteiger partial charge >= 0.3 is 0 Å². The molecule has 0 aliphatic heterocycles. The van der Waals surface area contributed by atoms with Crippen molar-refractivity contribution < 1.29 is 22.7 Å². The molecule has 1 amide bonds. The van der Waals surface area contributed by atoms with Gasteiger partial charge in [-0.25, -0.2) is 13.8 Å². The highest BCUT2D eigenvalue weighted by atomic mass is 32.2. The Morgan fingerprint density at radius 2 is 1.66 bits per heavy atom. The summed E-state index contributed by atoms with van der Waals surface area (Å²) in [6.45, 7) is 3.32. The molecule has 0 unspecified atom stereocenters. The largest absolute Gasteiger partial charge is 0.493 e. The van der Waals surface area contributed by atoms with Crippen molar-refractivity contribution in [1.82, 2.24) is 5.43 Å². The van der Waals surface area contributed by atoms with Gasteiger partial charge in [-0.2, -0.15) is 5.10 Å². The fraction of sp³-hybridized carbons (Fsp3) is 0.231. The molecule has 0 fully saturated rings. The molecule has 3 rings (SSSR count). The standard InChI is InChI=1S/C26H29N3O5S/c1-5-23(20-14-15-24(33-3)25(17-20)34-4)27-28-26(30)18-29(21-11-9-10-19(2)16-21)35(31,32)22-12-7-6-8-13-22/h6-17H,5,18H2,1-4H3,(H,28,30)/b27-23-. The Balaban J connectivity index is 1.88. The van der Waals surface area contributed by atoms with Crippen LogP contribution in [0.2, 0.25) is 0 Å². The van der Waals surface area contributed by atoms with E-state index in [1.807, 2.05) is 26.0 Å². The van der Waals surface area contributed by atoms with Crippen molar-refractivity contribution >= 4 is 27.3 Å². The summed E-state index contributed by atoms with van der Waals surface area (Å²) in [5, 5.41) is 4.26. The first-order valence-corrected chi connectivity index (χ1v) is 12.5. The zero-order valence-electron chi connectivity index (χ0n) is 20.2. The van der Waals surface area contributed by atoms with Crippen LogP contribution in [0, 0.1) is 6.92 Å². The molecule has 0 aromatic heterocycles. The number of benzene rings is 3. The third-order valence-corrected chi connectivity index (χ3v) is 7.06. The van der Waals surface area contributed by atoms with Gasteiger partial charge in [-0.1, -0.05) is 37.3 Å². The van der Waals surface area contributed by atoms with E-state index >= 15 is 0 Å². The smallest absolute Gasteiger partial charge is 0.264 e. The number of methoxy groups -OCH3 is 2. The van der Waals surface area contributed by atoms with E-state index in [1.165, 1.54) is 12.1 Å². The number of amides is 1. The van der Waals surface area contributed by atoms with Crippen LogP contribution in [0.15, 0.2) is 82.8 Å². The second-order valence-electron chi connectivity index (χ2n) is 7.68.